The van der Waals surface area contributed by atoms with Gasteiger partial charge in [-0.15, -0.1) is 0 Å². The third-order valence-electron chi connectivity index (χ3n) is 3.08. The largest absolute Gasteiger partial charge is 0.496 e. The molecule has 0 saturated carbocycles. The van der Waals surface area contributed by atoms with E-state index in [4.69, 9.17) is 9.88 Å². The van der Waals surface area contributed by atoms with Crippen molar-refractivity contribution in [2.24, 2.45) is 5.14 Å². The van der Waals surface area contributed by atoms with Crippen LogP contribution in [0.2, 0.25) is 0 Å². The molecular weight excluding hydrogens is 280 g/mol. The van der Waals surface area contributed by atoms with Crippen LogP contribution in [0.25, 0.3) is 0 Å². The van der Waals surface area contributed by atoms with Gasteiger partial charge in [0.25, 0.3) is 5.91 Å². The van der Waals surface area contributed by atoms with Crippen molar-refractivity contribution < 1.29 is 17.9 Å². The number of primary sulfonamides is 1. The van der Waals surface area contributed by atoms with Gasteiger partial charge in [-0.3, -0.25) is 4.79 Å². The molecule has 6 nitrogen and oxygen atoms in total. The fraction of sp³-hybridized carbons (Fsp3) is 0.462. The average Bonchev–Trinajstić information content (AvgIpc) is 2.36. The van der Waals surface area contributed by atoms with E-state index in [-0.39, 0.29) is 10.5 Å². The highest BCUT2D eigenvalue weighted by atomic mass is 32.2. The van der Waals surface area contributed by atoms with E-state index in [1.54, 1.807) is 0 Å². The Morgan fingerprint density at radius 2 is 2.00 bits per heavy atom. The first-order chi connectivity index (χ1) is 9.10. The second-order valence-corrected chi connectivity index (χ2v) is 6.66. The van der Waals surface area contributed by atoms with E-state index < -0.39 is 21.5 Å². The summed E-state index contributed by atoms with van der Waals surface area (Å²) in [6, 6.07) is 3.93. The Hall–Kier alpha value is -1.60. The summed E-state index contributed by atoms with van der Waals surface area (Å²) in [5, 5.41) is 7.89. The number of hydrogen-bond acceptors (Lipinski definition) is 4. The standard InChI is InChI=1S/C13H20N2O4S/c1-5-13(2,3)15-12(16)10-8-9(20(14,17)18)6-7-11(10)19-4/h6-8H,5H2,1-4H3,(H,15,16)(H2,14,17,18). The van der Waals surface area contributed by atoms with Gasteiger partial charge in [0.05, 0.1) is 17.6 Å². The summed E-state index contributed by atoms with van der Waals surface area (Å²) < 4.78 is 27.8. The Labute approximate surface area is 119 Å². The maximum atomic E-state index is 12.3. The van der Waals surface area contributed by atoms with Crippen LogP contribution in [0.3, 0.4) is 0 Å². The number of amides is 1. The van der Waals surface area contributed by atoms with Crippen molar-refractivity contribution in [3.05, 3.63) is 23.8 Å². The van der Waals surface area contributed by atoms with Gasteiger partial charge in [0, 0.05) is 5.54 Å². The van der Waals surface area contributed by atoms with Gasteiger partial charge in [-0.2, -0.15) is 0 Å². The number of nitrogens with two attached hydrogens (primary N) is 1. The molecule has 0 radical (unpaired) electrons. The topological polar surface area (TPSA) is 98.5 Å². The van der Waals surface area contributed by atoms with Gasteiger partial charge in [-0.25, -0.2) is 13.6 Å². The van der Waals surface area contributed by atoms with Crippen molar-refractivity contribution in [2.45, 2.75) is 37.6 Å². The smallest absolute Gasteiger partial charge is 0.255 e. The molecule has 0 aliphatic carbocycles. The van der Waals surface area contributed by atoms with Crippen LogP contribution in [0, 0.1) is 0 Å². The van der Waals surface area contributed by atoms with Crippen LogP contribution in [0.4, 0.5) is 0 Å². The zero-order valence-electron chi connectivity index (χ0n) is 12.1. The minimum Gasteiger partial charge on any atom is -0.496 e. The van der Waals surface area contributed by atoms with Crippen LogP contribution in [-0.4, -0.2) is 27.0 Å². The molecule has 0 fully saturated rings. The Balaban J connectivity index is 3.24. The summed E-state index contributed by atoms with van der Waals surface area (Å²) in [4.78, 5) is 12.1. The molecule has 0 bridgehead atoms. The van der Waals surface area contributed by atoms with Crippen LogP contribution in [0.5, 0.6) is 5.75 Å². The molecule has 0 aliphatic heterocycles. The van der Waals surface area contributed by atoms with Gasteiger partial charge >= 0.3 is 0 Å². The molecule has 0 heterocycles. The summed E-state index contributed by atoms with van der Waals surface area (Å²) in [5.41, 5.74) is -0.264. The van der Waals surface area contributed by atoms with Crippen molar-refractivity contribution in [3.63, 3.8) is 0 Å². The second kappa shape index (κ2) is 5.80. The van der Waals surface area contributed by atoms with E-state index in [2.05, 4.69) is 5.32 Å². The summed E-state index contributed by atoms with van der Waals surface area (Å²) in [7, 11) is -2.46. The summed E-state index contributed by atoms with van der Waals surface area (Å²) in [5.74, 6) is -0.110. The molecule has 0 aliphatic rings. The number of sulfonamides is 1. The second-order valence-electron chi connectivity index (χ2n) is 5.10. The lowest BCUT2D eigenvalue weighted by Gasteiger charge is -2.25. The van der Waals surface area contributed by atoms with E-state index in [1.165, 1.54) is 25.3 Å². The van der Waals surface area contributed by atoms with Crippen LogP contribution < -0.4 is 15.2 Å². The first-order valence-corrected chi connectivity index (χ1v) is 7.68. The monoisotopic (exact) mass is 300 g/mol. The number of carbonyl (C=O) groups excluding carboxylic acids is 1. The predicted molar refractivity (Wildman–Crippen MR) is 76.2 cm³/mol. The van der Waals surface area contributed by atoms with Crippen molar-refractivity contribution in [2.75, 3.05) is 7.11 Å². The highest BCUT2D eigenvalue weighted by Crippen LogP contribution is 2.23. The van der Waals surface area contributed by atoms with E-state index in [0.29, 0.717) is 5.75 Å². The van der Waals surface area contributed by atoms with Crippen molar-refractivity contribution in [1.29, 1.82) is 0 Å². The molecule has 1 amide bonds. The van der Waals surface area contributed by atoms with Gasteiger partial charge in [-0.05, 0) is 38.5 Å². The molecule has 0 aromatic heterocycles. The molecular formula is C13H20N2O4S. The Bertz CT molecular complexity index is 609. The van der Waals surface area contributed by atoms with Crippen LogP contribution in [0.15, 0.2) is 23.1 Å². The lowest BCUT2D eigenvalue weighted by molar-refractivity contribution is 0.0908. The molecule has 20 heavy (non-hydrogen) atoms. The third-order valence-corrected chi connectivity index (χ3v) is 3.99. The highest BCUT2D eigenvalue weighted by molar-refractivity contribution is 7.89. The van der Waals surface area contributed by atoms with Gasteiger partial charge in [-0.1, -0.05) is 6.92 Å². The summed E-state index contributed by atoms with van der Waals surface area (Å²) in [6.45, 7) is 5.69. The minimum absolute atomic E-state index is 0.127. The molecule has 0 saturated heterocycles. The first-order valence-electron chi connectivity index (χ1n) is 6.14. The van der Waals surface area contributed by atoms with Crippen molar-refractivity contribution >= 4 is 15.9 Å². The predicted octanol–water partition coefficient (Wildman–Crippen LogP) is 1.26. The van der Waals surface area contributed by atoms with Crippen LogP contribution >= 0.6 is 0 Å². The number of nitrogens with one attached hydrogen (secondary N) is 1. The molecule has 1 rings (SSSR count). The highest BCUT2D eigenvalue weighted by Gasteiger charge is 2.22. The SMILES string of the molecule is CCC(C)(C)NC(=O)c1cc(S(N)(=O)=O)ccc1OC. The number of benzene rings is 1. The van der Waals surface area contributed by atoms with Crippen molar-refractivity contribution in [3.8, 4) is 5.75 Å². The number of ether oxygens (including phenoxy) is 1. The lowest BCUT2D eigenvalue weighted by Crippen LogP contribution is -2.42. The normalized spacial score (nSPS) is 12.1. The fourth-order valence-corrected chi connectivity index (χ4v) is 2.04. The quantitative estimate of drug-likeness (QED) is 0.855. The van der Waals surface area contributed by atoms with E-state index in [1.807, 2.05) is 20.8 Å². The first kappa shape index (κ1) is 16.5. The van der Waals surface area contributed by atoms with Gasteiger partial charge in [0.1, 0.15) is 5.75 Å². The minimum atomic E-state index is -3.87. The zero-order valence-corrected chi connectivity index (χ0v) is 12.9. The molecule has 1 aromatic carbocycles. The molecule has 0 atom stereocenters. The lowest BCUT2D eigenvalue weighted by atomic mass is 10.0. The summed E-state index contributed by atoms with van der Waals surface area (Å²) >= 11 is 0. The van der Waals surface area contributed by atoms with E-state index in [9.17, 15) is 13.2 Å². The Morgan fingerprint density at radius 3 is 2.45 bits per heavy atom. The van der Waals surface area contributed by atoms with Crippen molar-refractivity contribution in [1.82, 2.24) is 5.32 Å². The molecule has 112 valence electrons. The van der Waals surface area contributed by atoms with E-state index >= 15 is 0 Å². The molecule has 3 N–H and O–H groups in total. The maximum absolute atomic E-state index is 12.3. The average molecular weight is 300 g/mol. The van der Waals surface area contributed by atoms with E-state index in [0.717, 1.165) is 6.42 Å². The zero-order chi connectivity index (χ0) is 15.6. The molecule has 1 aromatic rings. The molecule has 7 heteroatoms. The molecule has 0 spiro atoms. The molecule has 0 unspecified atom stereocenters. The number of methoxy groups -OCH3 is 1. The summed E-state index contributed by atoms with van der Waals surface area (Å²) in [6.07, 6.45) is 0.732. The third kappa shape index (κ3) is 3.94. The Kier molecular flexibility index (Phi) is 4.77. The van der Waals surface area contributed by atoms with Gasteiger partial charge in [0.2, 0.25) is 10.0 Å². The number of hydrogen-bond donors (Lipinski definition) is 2. The van der Waals surface area contributed by atoms with Crippen LogP contribution in [-0.2, 0) is 10.0 Å². The van der Waals surface area contributed by atoms with Crippen LogP contribution in [0.1, 0.15) is 37.6 Å². The maximum Gasteiger partial charge on any atom is 0.255 e. The van der Waals surface area contributed by atoms with Gasteiger partial charge in [0.15, 0.2) is 0 Å². The number of carbonyl (C=O) groups is 1. The fourth-order valence-electron chi connectivity index (χ4n) is 1.50. The Morgan fingerprint density at radius 1 is 1.40 bits per heavy atom. The number of rotatable bonds is 5. The van der Waals surface area contributed by atoms with Gasteiger partial charge < -0.3 is 10.1 Å².